The fourth-order valence-corrected chi connectivity index (χ4v) is 4.12. The van der Waals surface area contributed by atoms with Crippen LogP contribution in [0, 0.1) is 6.92 Å². The Hall–Kier alpha value is -1.29. The number of thiophene rings is 1. The highest BCUT2D eigenvalue weighted by Gasteiger charge is 2.16. The van der Waals surface area contributed by atoms with Crippen molar-refractivity contribution < 1.29 is 13.2 Å². The highest BCUT2D eigenvalue weighted by molar-refractivity contribution is 7.91. The zero-order chi connectivity index (χ0) is 14.2. The molecule has 0 radical (unpaired) electrons. The van der Waals surface area contributed by atoms with Gasteiger partial charge in [0, 0.05) is 17.9 Å². The number of carbonyl (C=O) groups is 1. The third-order valence-corrected chi connectivity index (χ3v) is 5.71. The zero-order valence-corrected chi connectivity index (χ0v) is 12.6. The summed E-state index contributed by atoms with van der Waals surface area (Å²) in [6.45, 7) is 3.20. The number of sulfonamides is 1. The maximum atomic E-state index is 11.2. The molecule has 2 rings (SSSR count). The molecule has 0 atom stereocenters. The smallest absolute Gasteiger partial charge is 0.247 e. The monoisotopic (exact) mass is 317 g/mol. The van der Waals surface area contributed by atoms with Crippen molar-refractivity contribution in [2.24, 2.45) is 5.14 Å². The van der Waals surface area contributed by atoms with E-state index in [-0.39, 0.29) is 10.1 Å². The number of primary sulfonamides is 1. The first-order chi connectivity index (χ1) is 8.77. The molecule has 0 bridgehead atoms. The van der Waals surface area contributed by atoms with Crippen LogP contribution in [-0.4, -0.2) is 19.3 Å². The van der Waals surface area contributed by atoms with E-state index in [0.29, 0.717) is 5.13 Å². The highest BCUT2D eigenvalue weighted by Crippen LogP contribution is 2.36. The number of nitrogens with zero attached hydrogens (tertiary/aromatic N) is 1. The topological polar surface area (TPSA) is 102 Å². The second-order valence-electron chi connectivity index (χ2n) is 3.81. The van der Waals surface area contributed by atoms with Crippen LogP contribution in [0.5, 0.6) is 0 Å². The van der Waals surface area contributed by atoms with Crippen LogP contribution in [-0.2, 0) is 14.8 Å². The summed E-state index contributed by atoms with van der Waals surface area (Å²) in [5, 5.41) is 9.87. The Bertz CT molecular complexity index is 730. The molecule has 1 amide bonds. The van der Waals surface area contributed by atoms with E-state index >= 15 is 0 Å². The number of rotatable bonds is 3. The first-order valence-corrected chi connectivity index (χ1v) is 8.38. The standard InChI is InChI=1S/C10H11N3O3S3/c1-5-9(18-10(12-5)13-6(2)14)7-3-8(17-4-7)19(11,15)16/h3-4H,1-2H3,(H2,11,15,16)(H,12,13,14). The summed E-state index contributed by atoms with van der Waals surface area (Å²) < 4.78 is 22.6. The van der Waals surface area contributed by atoms with Gasteiger partial charge in [0.05, 0.1) is 10.6 Å². The molecule has 0 unspecified atom stereocenters. The van der Waals surface area contributed by atoms with E-state index in [9.17, 15) is 13.2 Å². The molecule has 0 fully saturated rings. The number of aryl methyl sites for hydroxylation is 1. The van der Waals surface area contributed by atoms with Gasteiger partial charge in [-0.3, -0.25) is 4.79 Å². The molecule has 102 valence electrons. The predicted octanol–water partition coefficient (Wildman–Crippen LogP) is 1.79. The Morgan fingerprint density at radius 2 is 2.16 bits per heavy atom. The van der Waals surface area contributed by atoms with E-state index in [4.69, 9.17) is 5.14 Å². The maximum absolute atomic E-state index is 11.2. The maximum Gasteiger partial charge on any atom is 0.247 e. The van der Waals surface area contributed by atoms with Gasteiger partial charge in [-0.2, -0.15) is 0 Å². The molecule has 0 aromatic carbocycles. The molecule has 9 heteroatoms. The second kappa shape index (κ2) is 5.00. The number of nitrogens with one attached hydrogen (secondary N) is 1. The van der Waals surface area contributed by atoms with Gasteiger partial charge in [-0.05, 0) is 13.0 Å². The lowest BCUT2D eigenvalue weighted by Gasteiger charge is -1.93. The summed E-state index contributed by atoms with van der Waals surface area (Å²) in [6.07, 6.45) is 0. The van der Waals surface area contributed by atoms with Gasteiger partial charge < -0.3 is 5.32 Å². The molecular formula is C10H11N3O3S3. The Morgan fingerprint density at radius 1 is 1.47 bits per heavy atom. The van der Waals surface area contributed by atoms with E-state index < -0.39 is 10.0 Å². The molecule has 2 aromatic rings. The van der Waals surface area contributed by atoms with Crippen molar-refractivity contribution in [1.29, 1.82) is 0 Å². The summed E-state index contributed by atoms with van der Waals surface area (Å²) >= 11 is 2.35. The summed E-state index contributed by atoms with van der Waals surface area (Å²) in [5.41, 5.74) is 1.47. The van der Waals surface area contributed by atoms with E-state index in [1.165, 1.54) is 24.3 Å². The minimum atomic E-state index is -3.68. The SMILES string of the molecule is CC(=O)Nc1nc(C)c(-c2csc(S(N)(=O)=O)c2)s1. The summed E-state index contributed by atoms with van der Waals surface area (Å²) in [5.74, 6) is -0.198. The highest BCUT2D eigenvalue weighted by atomic mass is 32.2. The minimum absolute atomic E-state index is 0.108. The first-order valence-electron chi connectivity index (χ1n) is 5.14. The fourth-order valence-electron chi connectivity index (χ4n) is 1.45. The van der Waals surface area contributed by atoms with Crippen molar-refractivity contribution in [3.8, 4) is 10.4 Å². The molecule has 19 heavy (non-hydrogen) atoms. The summed E-state index contributed by atoms with van der Waals surface area (Å²) in [7, 11) is -3.68. The second-order valence-corrected chi connectivity index (χ2v) is 7.51. The fraction of sp³-hybridized carbons (Fsp3) is 0.200. The first kappa shape index (κ1) is 14.1. The number of aromatic nitrogens is 1. The van der Waals surface area contributed by atoms with E-state index in [2.05, 4.69) is 10.3 Å². The minimum Gasteiger partial charge on any atom is -0.302 e. The van der Waals surface area contributed by atoms with Crippen LogP contribution in [0.2, 0.25) is 0 Å². The number of thiazole rings is 1. The lowest BCUT2D eigenvalue weighted by atomic mass is 10.2. The average molecular weight is 317 g/mol. The van der Waals surface area contributed by atoms with Crippen molar-refractivity contribution in [2.75, 3.05) is 5.32 Å². The van der Waals surface area contributed by atoms with Gasteiger partial charge >= 0.3 is 0 Å². The van der Waals surface area contributed by atoms with Gasteiger partial charge in [-0.1, -0.05) is 11.3 Å². The normalized spacial score (nSPS) is 11.5. The van der Waals surface area contributed by atoms with E-state index in [1.807, 2.05) is 0 Å². The number of carbonyl (C=O) groups excluding carboxylic acids is 1. The molecule has 0 aliphatic carbocycles. The molecule has 0 saturated carbocycles. The quantitative estimate of drug-likeness (QED) is 0.900. The van der Waals surface area contributed by atoms with Crippen molar-refractivity contribution in [2.45, 2.75) is 18.1 Å². The molecule has 3 N–H and O–H groups in total. The Labute approximate surface area is 118 Å². The van der Waals surface area contributed by atoms with Crippen molar-refractivity contribution in [3.63, 3.8) is 0 Å². The largest absolute Gasteiger partial charge is 0.302 e. The van der Waals surface area contributed by atoms with Crippen LogP contribution in [0.25, 0.3) is 10.4 Å². The van der Waals surface area contributed by atoms with Crippen LogP contribution in [0.15, 0.2) is 15.7 Å². The van der Waals surface area contributed by atoms with Crippen molar-refractivity contribution >= 4 is 43.7 Å². The Balaban J connectivity index is 2.39. The number of hydrogen-bond acceptors (Lipinski definition) is 6. The van der Waals surface area contributed by atoms with Crippen LogP contribution in [0.3, 0.4) is 0 Å². The summed E-state index contributed by atoms with van der Waals surface area (Å²) in [6, 6.07) is 1.51. The van der Waals surface area contributed by atoms with E-state index in [1.54, 1.807) is 12.3 Å². The van der Waals surface area contributed by atoms with Crippen LogP contribution < -0.4 is 10.5 Å². The third kappa shape index (κ3) is 3.18. The zero-order valence-electron chi connectivity index (χ0n) is 10.1. The molecule has 0 saturated heterocycles. The van der Waals surface area contributed by atoms with Gasteiger partial charge in [0.1, 0.15) is 4.21 Å². The van der Waals surface area contributed by atoms with Gasteiger partial charge in [0.25, 0.3) is 0 Å². The van der Waals surface area contributed by atoms with Crippen LogP contribution in [0.4, 0.5) is 5.13 Å². The number of hydrogen-bond donors (Lipinski definition) is 2. The molecule has 0 aliphatic rings. The number of anilines is 1. The molecule has 0 aliphatic heterocycles. The van der Waals surface area contributed by atoms with Gasteiger partial charge in [0.15, 0.2) is 5.13 Å². The molecule has 6 nitrogen and oxygen atoms in total. The van der Waals surface area contributed by atoms with Crippen molar-refractivity contribution in [1.82, 2.24) is 4.98 Å². The van der Waals surface area contributed by atoms with Crippen LogP contribution >= 0.6 is 22.7 Å². The van der Waals surface area contributed by atoms with Gasteiger partial charge in [0.2, 0.25) is 15.9 Å². The summed E-state index contributed by atoms with van der Waals surface area (Å²) in [4.78, 5) is 16.0. The number of nitrogens with two attached hydrogens (primary N) is 1. The van der Waals surface area contributed by atoms with E-state index in [0.717, 1.165) is 27.5 Å². The predicted molar refractivity (Wildman–Crippen MR) is 75.8 cm³/mol. The molecular weight excluding hydrogens is 306 g/mol. The van der Waals surface area contributed by atoms with Crippen molar-refractivity contribution in [3.05, 3.63) is 17.1 Å². The Kier molecular flexibility index (Phi) is 3.72. The third-order valence-electron chi connectivity index (χ3n) is 2.20. The van der Waals surface area contributed by atoms with Crippen LogP contribution in [0.1, 0.15) is 12.6 Å². The molecule has 2 aromatic heterocycles. The van der Waals surface area contributed by atoms with Gasteiger partial charge in [-0.15, -0.1) is 11.3 Å². The average Bonchev–Trinajstić information content (AvgIpc) is 2.82. The number of amides is 1. The van der Waals surface area contributed by atoms with Gasteiger partial charge in [-0.25, -0.2) is 18.5 Å². The lowest BCUT2D eigenvalue weighted by molar-refractivity contribution is -0.114. The Morgan fingerprint density at radius 3 is 2.68 bits per heavy atom. The molecule has 0 spiro atoms. The lowest BCUT2D eigenvalue weighted by Crippen LogP contribution is -2.09. The molecule has 2 heterocycles.